The second-order valence-electron chi connectivity index (χ2n) is 4.90. The predicted molar refractivity (Wildman–Crippen MR) is 83.4 cm³/mol. The van der Waals surface area contributed by atoms with E-state index in [4.69, 9.17) is 4.74 Å². The molecule has 2 aromatic carbocycles. The van der Waals surface area contributed by atoms with E-state index in [9.17, 15) is 8.60 Å². The van der Waals surface area contributed by atoms with Crippen LogP contribution >= 0.6 is 0 Å². The fraction of sp³-hybridized carbons (Fsp3) is 0.294. The molecule has 0 amide bonds. The Morgan fingerprint density at radius 3 is 2.38 bits per heavy atom. The number of hydrogen-bond donors (Lipinski definition) is 0. The maximum atomic E-state index is 13.0. The van der Waals surface area contributed by atoms with Crippen molar-refractivity contribution in [1.82, 2.24) is 0 Å². The van der Waals surface area contributed by atoms with Gasteiger partial charge in [0.25, 0.3) is 0 Å². The third kappa shape index (κ3) is 5.06. The molecule has 0 saturated carbocycles. The van der Waals surface area contributed by atoms with Crippen LogP contribution in [-0.2, 0) is 22.1 Å². The van der Waals surface area contributed by atoms with Crippen molar-refractivity contribution in [2.45, 2.75) is 24.5 Å². The van der Waals surface area contributed by atoms with Gasteiger partial charge in [0.2, 0.25) is 0 Å². The van der Waals surface area contributed by atoms with Crippen molar-refractivity contribution in [2.75, 3.05) is 12.4 Å². The van der Waals surface area contributed by atoms with E-state index in [0.29, 0.717) is 11.5 Å². The van der Waals surface area contributed by atoms with E-state index >= 15 is 0 Å². The van der Waals surface area contributed by atoms with Crippen LogP contribution in [0, 0.1) is 6.92 Å². The van der Waals surface area contributed by atoms with E-state index in [1.54, 1.807) is 0 Å². The molecular formula is C17H19FO2S. The Labute approximate surface area is 127 Å². The molecule has 0 radical (unpaired) electrons. The molecule has 4 heteroatoms. The van der Waals surface area contributed by atoms with Gasteiger partial charge in [-0.1, -0.05) is 48.0 Å². The Morgan fingerprint density at radius 1 is 1.10 bits per heavy atom. The number of alkyl halides is 1. The average Bonchev–Trinajstić information content (AvgIpc) is 2.53. The van der Waals surface area contributed by atoms with Crippen molar-refractivity contribution in [1.29, 1.82) is 0 Å². The van der Waals surface area contributed by atoms with Gasteiger partial charge >= 0.3 is 0 Å². The fourth-order valence-corrected chi connectivity index (χ4v) is 3.04. The van der Waals surface area contributed by atoms with Gasteiger partial charge in [0, 0.05) is 4.90 Å². The molecule has 0 aliphatic rings. The molecule has 0 aliphatic carbocycles. The first-order chi connectivity index (χ1) is 10.2. The van der Waals surface area contributed by atoms with E-state index in [-0.39, 0.29) is 5.75 Å². The zero-order valence-corrected chi connectivity index (χ0v) is 12.8. The molecule has 0 N–H and O–H groups in total. The summed E-state index contributed by atoms with van der Waals surface area (Å²) >= 11 is 0. The molecule has 0 aliphatic heterocycles. The van der Waals surface area contributed by atoms with E-state index in [1.807, 2.05) is 61.5 Å². The van der Waals surface area contributed by atoms with Gasteiger partial charge < -0.3 is 4.74 Å². The normalized spacial score (nSPS) is 13.8. The number of benzene rings is 2. The summed E-state index contributed by atoms with van der Waals surface area (Å²) in [6.45, 7) is 1.67. The molecular weight excluding hydrogens is 287 g/mol. The van der Waals surface area contributed by atoms with Crippen molar-refractivity contribution < 1.29 is 13.3 Å². The van der Waals surface area contributed by atoms with Crippen molar-refractivity contribution in [3.63, 3.8) is 0 Å². The molecule has 0 heterocycles. The van der Waals surface area contributed by atoms with Crippen LogP contribution in [0.25, 0.3) is 0 Å². The third-order valence-corrected chi connectivity index (χ3v) is 4.59. The molecule has 0 aromatic heterocycles. The molecule has 0 spiro atoms. The van der Waals surface area contributed by atoms with Crippen LogP contribution in [0.15, 0.2) is 59.5 Å². The number of ether oxygens (including phenoxy) is 1. The van der Waals surface area contributed by atoms with Crippen LogP contribution in [0.5, 0.6) is 0 Å². The zero-order valence-electron chi connectivity index (χ0n) is 12.0. The van der Waals surface area contributed by atoms with Gasteiger partial charge in [0.15, 0.2) is 0 Å². The first-order valence-corrected chi connectivity index (χ1v) is 8.17. The molecule has 0 bridgehead atoms. The molecule has 2 nitrogen and oxygen atoms in total. The maximum Gasteiger partial charge on any atom is 0.116 e. The van der Waals surface area contributed by atoms with Gasteiger partial charge in [-0.15, -0.1) is 0 Å². The fourth-order valence-electron chi connectivity index (χ4n) is 1.88. The van der Waals surface area contributed by atoms with Crippen LogP contribution < -0.4 is 0 Å². The molecule has 112 valence electrons. The van der Waals surface area contributed by atoms with Crippen molar-refractivity contribution in [3.05, 3.63) is 65.7 Å². The smallest absolute Gasteiger partial charge is 0.116 e. The largest absolute Gasteiger partial charge is 0.370 e. The lowest BCUT2D eigenvalue weighted by Gasteiger charge is -2.14. The summed E-state index contributed by atoms with van der Waals surface area (Å²) in [6, 6.07) is 17.0. The summed E-state index contributed by atoms with van der Waals surface area (Å²) in [5.74, 6) is 0.173. The van der Waals surface area contributed by atoms with E-state index < -0.39 is 23.6 Å². The van der Waals surface area contributed by atoms with Gasteiger partial charge in [0.05, 0.1) is 29.3 Å². The second kappa shape index (κ2) is 8.05. The maximum absolute atomic E-state index is 13.0. The standard InChI is InChI=1S/C17H19FO2S/c1-14-7-9-17(10-8-14)21(19)13-16(11-18)20-12-15-5-3-2-4-6-15/h2-10,16H,11-13H2,1H3/t16-,21?/m0/s1. The topological polar surface area (TPSA) is 26.3 Å². The Hall–Kier alpha value is -1.52. The monoisotopic (exact) mass is 306 g/mol. The van der Waals surface area contributed by atoms with Crippen molar-refractivity contribution in [2.24, 2.45) is 0 Å². The highest BCUT2D eigenvalue weighted by Gasteiger charge is 2.15. The molecule has 2 atom stereocenters. The zero-order chi connectivity index (χ0) is 15.1. The second-order valence-corrected chi connectivity index (χ2v) is 6.39. The Bertz CT molecular complexity index is 569. The highest BCUT2D eigenvalue weighted by molar-refractivity contribution is 7.85. The predicted octanol–water partition coefficient (Wildman–Crippen LogP) is 3.66. The summed E-state index contributed by atoms with van der Waals surface area (Å²) in [7, 11) is -1.24. The SMILES string of the molecule is Cc1ccc(S(=O)C[C@H](CF)OCc2ccccc2)cc1. The molecule has 0 fully saturated rings. The lowest BCUT2D eigenvalue weighted by atomic mass is 10.2. The first kappa shape index (κ1) is 15.9. The van der Waals surface area contributed by atoms with Gasteiger partial charge in [-0.3, -0.25) is 4.21 Å². The van der Waals surface area contributed by atoms with E-state index in [1.165, 1.54) is 0 Å². The van der Waals surface area contributed by atoms with Gasteiger partial charge in [-0.2, -0.15) is 0 Å². The van der Waals surface area contributed by atoms with E-state index in [0.717, 1.165) is 11.1 Å². The lowest BCUT2D eigenvalue weighted by Crippen LogP contribution is -2.23. The van der Waals surface area contributed by atoms with Gasteiger partial charge in [-0.05, 0) is 24.6 Å². The summed E-state index contributed by atoms with van der Waals surface area (Å²) in [6.07, 6.45) is -0.646. The summed E-state index contributed by atoms with van der Waals surface area (Å²) in [5.41, 5.74) is 2.09. The third-order valence-electron chi connectivity index (χ3n) is 3.12. The minimum Gasteiger partial charge on any atom is -0.370 e. The molecule has 1 unspecified atom stereocenters. The number of aryl methyl sites for hydroxylation is 1. The molecule has 2 rings (SSSR count). The summed E-state index contributed by atoms with van der Waals surface area (Å²) in [5, 5.41) is 0. The van der Waals surface area contributed by atoms with E-state index in [2.05, 4.69) is 0 Å². The minimum absolute atomic E-state index is 0.173. The van der Waals surface area contributed by atoms with Crippen LogP contribution in [0.3, 0.4) is 0 Å². The molecule has 21 heavy (non-hydrogen) atoms. The Kier molecular flexibility index (Phi) is 6.08. The number of hydrogen-bond acceptors (Lipinski definition) is 2. The van der Waals surface area contributed by atoms with Crippen LogP contribution in [0.1, 0.15) is 11.1 Å². The summed E-state index contributed by atoms with van der Waals surface area (Å²) in [4.78, 5) is 0.711. The molecule has 2 aromatic rings. The lowest BCUT2D eigenvalue weighted by molar-refractivity contribution is 0.0391. The highest BCUT2D eigenvalue weighted by Crippen LogP contribution is 2.12. The molecule has 0 saturated heterocycles. The number of rotatable bonds is 7. The number of halogens is 1. The average molecular weight is 306 g/mol. The van der Waals surface area contributed by atoms with Crippen LogP contribution in [-0.4, -0.2) is 22.7 Å². The summed E-state index contributed by atoms with van der Waals surface area (Å²) < 4.78 is 30.8. The Morgan fingerprint density at radius 2 is 1.76 bits per heavy atom. The van der Waals surface area contributed by atoms with Crippen LogP contribution in [0.4, 0.5) is 4.39 Å². The quantitative estimate of drug-likeness (QED) is 0.780. The highest BCUT2D eigenvalue weighted by atomic mass is 32.2. The first-order valence-electron chi connectivity index (χ1n) is 6.85. The van der Waals surface area contributed by atoms with Crippen molar-refractivity contribution in [3.8, 4) is 0 Å². The van der Waals surface area contributed by atoms with Gasteiger partial charge in [-0.25, -0.2) is 4.39 Å². The van der Waals surface area contributed by atoms with Crippen LogP contribution in [0.2, 0.25) is 0 Å². The van der Waals surface area contributed by atoms with Crippen molar-refractivity contribution >= 4 is 10.8 Å². The Balaban J connectivity index is 1.89. The minimum atomic E-state index is -1.24. The van der Waals surface area contributed by atoms with Gasteiger partial charge in [0.1, 0.15) is 6.67 Å².